The predicted octanol–water partition coefficient (Wildman–Crippen LogP) is 2.37. The molecular formula is C22H26N6O2. The lowest BCUT2D eigenvalue weighted by molar-refractivity contribution is 0.614. The summed E-state index contributed by atoms with van der Waals surface area (Å²) >= 11 is 0. The maximum Gasteiger partial charge on any atom is 0.329 e. The summed E-state index contributed by atoms with van der Waals surface area (Å²) in [7, 11) is 1.62. The Labute approximate surface area is 173 Å². The van der Waals surface area contributed by atoms with E-state index in [1.54, 1.807) is 7.05 Å². The fourth-order valence-electron chi connectivity index (χ4n) is 3.76. The van der Waals surface area contributed by atoms with Gasteiger partial charge in [0.2, 0.25) is 5.95 Å². The van der Waals surface area contributed by atoms with Gasteiger partial charge in [-0.05, 0) is 37.3 Å². The summed E-state index contributed by atoms with van der Waals surface area (Å²) in [4.78, 5) is 31.9. The first-order valence-corrected chi connectivity index (χ1v) is 10.3. The SMILES string of the molecule is CCc1cc(CC)n(-c2nc3c(c(=O)[nH]c(=O)n3C)n2CCCc2ccccc2)n1. The topological polar surface area (TPSA) is 90.5 Å². The lowest BCUT2D eigenvalue weighted by atomic mass is 10.1. The maximum atomic E-state index is 12.7. The van der Waals surface area contributed by atoms with Crippen molar-refractivity contribution in [3.05, 3.63) is 74.2 Å². The van der Waals surface area contributed by atoms with E-state index in [0.29, 0.717) is 23.7 Å². The first kappa shape index (κ1) is 19.9. The van der Waals surface area contributed by atoms with E-state index in [1.165, 1.54) is 10.1 Å². The number of aryl methyl sites for hydroxylation is 5. The Bertz CT molecular complexity index is 1290. The van der Waals surface area contributed by atoms with Crippen LogP contribution in [0.5, 0.6) is 0 Å². The number of aromatic amines is 1. The number of hydrogen-bond donors (Lipinski definition) is 1. The van der Waals surface area contributed by atoms with Crippen molar-refractivity contribution in [2.24, 2.45) is 7.05 Å². The fraction of sp³-hybridized carbons (Fsp3) is 0.364. The van der Waals surface area contributed by atoms with Crippen molar-refractivity contribution in [3.8, 4) is 5.95 Å². The Morgan fingerprint density at radius 1 is 1.07 bits per heavy atom. The summed E-state index contributed by atoms with van der Waals surface area (Å²) in [6.45, 7) is 4.72. The van der Waals surface area contributed by atoms with Gasteiger partial charge in [-0.25, -0.2) is 9.48 Å². The highest BCUT2D eigenvalue weighted by Gasteiger charge is 2.21. The number of rotatable bonds is 7. The van der Waals surface area contributed by atoms with Crippen LogP contribution in [0.2, 0.25) is 0 Å². The number of H-pyrrole nitrogens is 1. The summed E-state index contributed by atoms with van der Waals surface area (Å²) in [6, 6.07) is 12.3. The van der Waals surface area contributed by atoms with Crippen molar-refractivity contribution < 1.29 is 0 Å². The van der Waals surface area contributed by atoms with Crippen LogP contribution in [-0.2, 0) is 32.9 Å². The Morgan fingerprint density at radius 2 is 1.83 bits per heavy atom. The molecule has 8 nitrogen and oxygen atoms in total. The summed E-state index contributed by atoms with van der Waals surface area (Å²) in [5, 5.41) is 4.71. The molecular weight excluding hydrogens is 380 g/mol. The van der Waals surface area contributed by atoms with Crippen LogP contribution in [-0.4, -0.2) is 28.9 Å². The second-order valence-electron chi connectivity index (χ2n) is 7.39. The molecule has 30 heavy (non-hydrogen) atoms. The van der Waals surface area contributed by atoms with E-state index in [4.69, 9.17) is 10.1 Å². The first-order valence-electron chi connectivity index (χ1n) is 10.3. The van der Waals surface area contributed by atoms with Gasteiger partial charge in [0.15, 0.2) is 11.2 Å². The largest absolute Gasteiger partial charge is 0.329 e. The maximum absolute atomic E-state index is 12.7. The highest BCUT2D eigenvalue weighted by atomic mass is 16.2. The molecule has 0 aliphatic carbocycles. The normalized spacial score (nSPS) is 11.4. The zero-order chi connectivity index (χ0) is 21.3. The molecule has 3 aromatic heterocycles. The molecule has 3 heterocycles. The molecule has 4 aromatic rings. The van der Waals surface area contributed by atoms with Crippen LogP contribution in [0.1, 0.15) is 37.2 Å². The lowest BCUT2D eigenvalue weighted by Crippen LogP contribution is -2.29. The Morgan fingerprint density at radius 3 is 2.53 bits per heavy atom. The minimum Gasteiger partial charge on any atom is -0.302 e. The Kier molecular flexibility index (Phi) is 5.39. The molecule has 1 N–H and O–H groups in total. The molecule has 0 unspecified atom stereocenters. The third kappa shape index (κ3) is 3.49. The molecule has 0 radical (unpaired) electrons. The van der Waals surface area contributed by atoms with Gasteiger partial charge in [0.1, 0.15) is 0 Å². The molecule has 0 aliphatic rings. The van der Waals surface area contributed by atoms with E-state index in [1.807, 2.05) is 27.4 Å². The van der Waals surface area contributed by atoms with Crippen LogP contribution in [0.4, 0.5) is 0 Å². The number of imidazole rings is 1. The van der Waals surface area contributed by atoms with Crippen molar-refractivity contribution in [3.63, 3.8) is 0 Å². The number of hydrogen-bond acceptors (Lipinski definition) is 4. The molecule has 0 amide bonds. The zero-order valence-electron chi connectivity index (χ0n) is 17.6. The van der Waals surface area contributed by atoms with Crippen molar-refractivity contribution in [1.29, 1.82) is 0 Å². The van der Waals surface area contributed by atoms with E-state index in [0.717, 1.165) is 37.1 Å². The van der Waals surface area contributed by atoms with Gasteiger partial charge >= 0.3 is 5.69 Å². The predicted molar refractivity (Wildman–Crippen MR) is 116 cm³/mol. The van der Waals surface area contributed by atoms with Crippen LogP contribution < -0.4 is 11.2 Å². The molecule has 0 bridgehead atoms. The van der Waals surface area contributed by atoms with Crippen LogP contribution in [0.15, 0.2) is 46.0 Å². The quantitative estimate of drug-likeness (QED) is 0.510. The van der Waals surface area contributed by atoms with Crippen molar-refractivity contribution >= 4 is 11.2 Å². The zero-order valence-corrected chi connectivity index (χ0v) is 17.6. The molecule has 0 atom stereocenters. The van der Waals surface area contributed by atoms with Crippen molar-refractivity contribution in [2.75, 3.05) is 0 Å². The van der Waals surface area contributed by atoms with Gasteiger partial charge in [0.05, 0.1) is 5.69 Å². The van der Waals surface area contributed by atoms with Gasteiger partial charge in [-0.15, -0.1) is 0 Å². The molecule has 4 rings (SSSR count). The van der Waals surface area contributed by atoms with Gasteiger partial charge < -0.3 is 4.57 Å². The minimum absolute atomic E-state index is 0.370. The monoisotopic (exact) mass is 406 g/mol. The number of nitrogens with one attached hydrogen (secondary N) is 1. The van der Waals surface area contributed by atoms with Gasteiger partial charge in [-0.2, -0.15) is 10.1 Å². The molecule has 156 valence electrons. The van der Waals surface area contributed by atoms with Crippen LogP contribution >= 0.6 is 0 Å². The van der Waals surface area contributed by atoms with E-state index in [9.17, 15) is 9.59 Å². The molecule has 1 aromatic carbocycles. The molecule has 0 spiro atoms. The van der Waals surface area contributed by atoms with E-state index >= 15 is 0 Å². The smallest absolute Gasteiger partial charge is 0.302 e. The third-order valence-corrected chi connectivity index (χ3v) is 5.42. The first-order chi connectivity index (χ1) is 14.5. The summed E-state index contributed by atoms with van der Waals surface area (Å²) in [5.74, 6) is 0.571. The number of fused-ring (bicyclic) bond motifs is 1. The number of benzene rings is 1. The minimum atomic E-state index is -0.474. The number of aromatic nitrogens is 6. The lowest BCUT2D eigenvalue weighted by Gasteiger charge is -2.10. The average molecular weight is 406 g/mol. The van der Waals surface area contributed by atoms with Crippen LogP contribution in [0.25, 0.3) is 17.1 Å². The fourth-order valence-corrected chi connectivity index (χ4v) is 3.76. The van der Waals surface area contributed by atoms with E-state index in [-0.39, 0.29) is 0 Å². The standard InChI is InChI=1S/C22H26N6O2/c1-4-16-14-17(5-2)28(25-16)21-23-19-18(20(29)24-22(30)26(19)3)27(21)13-9-12-15-10-7-6-8-11-15/h6-8,10-11,14H,4-5,9,12-13H2,1-3H3,(H,24,29,30). The third-order valence-electron chi connectivity index (χ3n) is 5.42. The second kappa shape index (κ2) is 8.14. The van der Waals surface area contributed by atoms with Crippen molar-refractivity contribution in [2.45, 2.75) is 46.1 Å². The van der Waals surface area contributed by atoms with Crippen LogP contribution in [0.3, 0.4) is 0 Å². The average Bonchev–Trinajstić information content (AvgIpc) is 3.34. The van der Waals surface area contributed by atoms with Gasteiger partial charge in [-0.3, -0.25) is 14.3 Å². The molecule has 0 saturated carbocycles. The summed E-state index contributed by atoms with van der Waals surface area (Å²) in [6.07, 6.45) is 3.31. The van der Waals surface area contributed by atoms with Gasteiger partial charge in [0.25, 0.3) is 5.56 Å². The van der Waals surface area contributed by atoms with Crippen LogP contribution in [0, 0.1) is 0 Å². The van der Waals surface area contributed by atoms with Gasteiger partial charge in [-0.1, -0.05) is 44.2 Å². The molecule has 0 saturated heterocycles. The number of nitrogens with zero attached hydrogens (tertiary/aromatic N) is 5. The Balaban J connectivity index is 1.84. The summed E-state index contributed by atoms with van der Waals surface area (Å²) in [5.41, 5.74) is 3.10. The molecule has 0 aliphatic heterocycles. The second-order valence-corrected chi connectivity index (χ2v) is 7.39. The van der Waals surface area contributed by atoms with Crippen molar-refractivity contribution in [1.82, 2.24) is 28.9 Å². The van der Waals surface area contributed by atoms with Gasteiger partial charge in [0, 0.05) is 19.3 Å². The molecule has 8 heteroatoms. The van der Waals surface area contributed by atoms with E-state index < -0.39 is 11.2 Å². The van der Waals surface area contributed by atoms with E-state index in [2.05, 4.69) is 37.0 Å². The highest BCUT2D eigenvalue weighted by molar-refractivity contribution is 5.72. The highest BCUT2D eigenvalue weighted by Crippen LogP contribution is 2.19. The molecule has 0 fully saturated rings. The summed E-state index contributed by atoms with van der Waals surface area (Å²) < 4.78 is 5.08. The Hall–Kier alpha value is -3.42.